The molecule has 2 N–H and O–H groups in total. The van der Waals surface area contributed by atoms with Gasteiger partial charge in [-0.05, 0) is 26.7 Å². The minimum atomic E-state index is -0.837. The molecular weight excluding hydrogens is 260 g/mol. The van der Waals surface area contributed by atoms with Crippen molar-refractivity contribution in [3.8, 4) is 0 Å². The van der Waals surface area contributed by atoms with Crippen molar-refractivity contribution in [2.45, 2.75) is 52.0 Å². The average molecular weight is 280 g/mol. The van der Waals surface area contributed by atoms with Crippen molar-refractivity contribution in [1.82, 2.24) is 10.5 Å². The van der Waals surface area contributed by atoms with Crippen molar-refractivity contribution >= 4 is 11.9 Å². The topological polar surface area (TPSA) is 92.4 Å². The summed E-state index contributed by atoms with van der Waals surface area (Å²) in [6.45, 7) is 3.38. The zero-order valence-electron chi connectivity index (χ0n) is 11.8. The van der Waals surface area contributed by atoms with Crippen LogP contribution in [0.4, 0.5) is 0 Å². The molecule has 110 valence electrons. The number of aliphatic carboxylic acids is 1. The minimum Gasteiger partial charge on any atom is -0.481 e. The maximum atomic E-state index is 12.3. The van der Waals surface area contributed by atoms with E-state index in [1.54, 1.807) is 13.8 Å². The fourth-order valence-electron chi connectivity index (χ4n) is 2.82. The first kappa shape index (κ1) is 14.6. The number of rotatable bonds is 3. The second-order valence-electron chi connectivity index (χ2n) is 5.36. The molecule has 0 spiro atoms. The van der Waals surface area contributed by atoms with Gasteiger partial charge in [-0.2, -0.15) is 0 Å². The number of nitrogens with one attached hydrogen (secondary N) is 1. The van der Waals surface area contributed by atoms with E-state index in [9.17, 15) is 14.7 Å². The molecule has 1 aromatic heterocycles. The van der Waals surface area contributed by atoms with Gasteiger partial charge in [0.25, 0.3) is 5.91 Å². The summed E-state index contributed by atoms with van der Waals surface area (Å²) in [5.41, 5.74) is 0.943. The summed E-state index contributed by atoms with van der Waals surface area (Å²) >= 11 is 0. The van der Waals surface area contributed by atoms with E-state index in [0.717, 1.165) is 19.3 Å². The number of amides is 1. The number of carbonyl (C=O) groups is 2. The Bertz CT molecular complexity index is 490. The molecule has 0 radical (unpaired) electrons. The van der Waals surface area contributed by atoms with Crippen LogP contribution >= 0.6 is 0 Å². The van der Waals surface area contributed by atoms with Crippen molar-refractivity contribution in [2.75, 3.05) is 0 Å². The lowest BCUT2D eigenvalue weighted by Gasteiger charge is -2.22. The van der Waals surface area contributed by atoms with Crippen molar-refractivity contribution in [2.24, 2.45) is 5.92 Å². The largest absolute Gasteiger partial charge is 0.481 e. The van der Waals surface area contributed by atoms with E-state index < -0.39 is 11.9 Å². The summed E-state index contributed by atoms with van der Waals surface area (Å²) in [5, 5.41) is 15.9. The van der Waals surface area contributed by atoms with Gasteiger partial charge in [0, 0.05) is 6.04 Å². The van der Waals surface area contributed by atoms with Gasteiger partial charge in [-0.25, -0.2) is 0 Å². The third-order valence-corrected chi connectivity index (χ3v) is 3.91. The van der Waals surface area contributed by atoms with Gasteiger partial charge < -0.3 is 14.9 Å². The number of carbonyl (C=O) groups excluding carboxylic acids is 1. The van der Waals surface area contributed by atoms with Crippen LogP contribution in [-0.4, -0.2) is 28.2 Å². The monoisotopic (exact) mass is 280 g/mol. The van der Waals surface area contributed by atoms with Gasteiger partial charge in [-0.3, -0.25) is 9.59 Å². The first-order chi connectivity index (χ1) is 9.50. The Morgan fingerprint density at radius 2 is 1.95 bits per heavy atom. The highest BCUT2D eigenvalue weighted by molar-refractivity contribution is 5.96. The standard InChI is InChI=1S/C14H20N2O4/c1-8-12(9(2)20-16-8)13(17)15-11-7-5-3-4-6-10(11)14(18)19/h10-11H,3-7H2,1-2H3,(H,15,17)(H,18,19)/t10-,11+/m1/s1. The Hall–Kier alpha value is -1.85. The first-order valence-corrected chi connectivity index (χ1v) is 6.97. The van der Waals surface area contributed by atoms with E-state index in [1.807, 2.05) is 0 Å². The lowest BCUT2D eigenvalue weighted by Crippen LogP contribution is -2.43. The smallest absolute Gasteiger partial charge is 0.308 e. The van der Waals surface area contributed by atoms with Gasteiger partial charge in [0.2, 0.25) is 0 Å². The zero-order chi connectivity index (χ0) is 14.7. The molecule has 0 saturated heterocycles. The Labute approximate surface area is 117 Å². The molecule has 0 bridgehead atoms. The molecule has 0 aliphatic heterocycles. The number of carboxylic acid groups (broad SMARTS) is 1. The number of hydrogen-bond acceptors (Lipinski definition) is 4. The van der Waals surface area contributed by atoms with E-state index in [1.165, 1.54) is 0 Å². The lowest BCUT2D eigenvalue weighted by molar-refractivity contribution is -0.142. The summed E-state index contributed by atoms with van der Waals surface area (Å²) in [6, 6.07) is -0.323. The molecule has 1 aromatic rings. The molecule has 6 heteroatoms. The SMILES string of the molecule is Cc1noc(C)c1C(=O)N[C@H]1CCCCC[C@H]1C(=O)O. The maximum Gasteiger partial charge on any atom is 0.308 e. The normalized spacial score (nSPS) is 23.1. The van der Waals surface area contributed by atoms with Crippen LogP contribution in [0.3, 0.4) is 0 Å². The van der Waals surface area contributed by atoms with E-state index >= 15 is 0 Å². The maximum absolute atomic E-state index is 12.3. The molecule has 0 unspecified atom stereocenters. The molecule has 6 nitrogen and oxygen atoms in total. The van der Waals surface area contributed by atoms with Gasteiger partial charge in [-0.15, -0.1) is 0 Å². The van der Waals surface area contributed by atoms with Crippen LogP contribution in [0.1, 0.15) is 53.9 Å². The predicted molar refractivity (Wildman–Crippen MR) is 71.4 cm³/mol. The van der Waals surface area contributed by atoms with E-state index in [2.05, 4.69) is 10.5 Å². The Kier molecular flexibility index (Phi) is 4.42. The van der Waals surface area contributed by atoms with Crippen LogP contribution in [0, 0.1) is 19.8 Å². The van der Waals surface area contributed by atoms with E-state index in [4.69, 9.17) is 4.52 Å². The molecule has 1 aliphatic rings. The molecule has 20 heavy (non-hydrogen) atoms. The summed E-state index contributed by atoms with van der Waals surface area (Å²) in [6.07, 6.45) is 4.17. The van der Waals surface area contributed by atoms with Crippen molar-refractivity contribution in [1.29, 1.82) is 0 Å². The second-order valence-corrected chi connectivity index (χ2v) is 5.36. The Balaban J connectivity index is 2.14. The van der Waals surface area contributed by atoms with Crippen LogP contribution in [0.15, 0.2) is 4.52 Å². The predicted octanol–water partition coefficient (Wildman–Crippen LogP) is 2.05. The van der Waals surface area contributed by atoms with Gasteiger partial charge >= 0.3 is 5.97 Å². The summed E-state index contributed by atoms with van der Waals surface area (Å²) in [4.78, 5) is 23.6. The van der Waals surface area contributed by atoms with Gasteiger partial charge in [0.15, 0.2) is 0 Å². The third-order valence-electron chi connectivity index (χ3n) is 3.91. The van der Waals surface area contributed by atoms with Crippen LogP contribution < -0.4 is 5.32 Å². The molecular formula is C14H20N2O4. The second kappa shape index (κ2) is 6.07. The van der Waals surface area contributed by atoms with Gasteiger partial charge in [0.1, 0.15) is 11.3 Å². The number of nitrogens with zero attached hydrogens (tertiary/aromatic N) is 1. The first-order valence-electron chi connectivity index (χ1n) is 6.97. The molecule has 1 saturated carbocycles. The average Bonchev–Trinajstić information content (AvgIpc) is 2.61. The zero-order valence-corrected chi connectivity index (χ0v) is 11.8. The van der Waals surface area contributed by atoms with E-state index in [0.29, 0.717) is 29.9 Å². The van der Waals surface area contributed by atoms with Gasteiger partial charge in [0.05, 0.1) is 11.6 Å². The number of aromatic nitrogens is 1. The lowest BCUT2D eigenvalue weighted by atomic mass is 9.94. The van der Waals surface area contributed by atoms with Crippen LogP contribution in [0.5, 0.6) is 0 Å². The molecule has 0 aromatic carbocycles. The van der Waals surface area contributed by atoms with E-state index in [-0.39, 0.29) is 11.9 Å². The Morgan fingerprint density at radius 1 is 1.25 bits per heavy atom. The highest BCUT2D eigenvalue weighted by Gasteiger charge is 2.31. The van der Waals surface area contributed by atoms with Crippen LogP contribution in [-0.2, 0) is 4.79 Å². The molecule has 1 aliphatic carbocycles. The highest BCUT2D eigenvalue weighted by Crippen LogP contribution is 2.24. The minimum absolute atomic E-state index is 0.292. The molecule has 2 rings (SSSR count). The highest BCUT2D eigenvalue weighted by atomic mass is 16.5. The summed E-state index contributed by atoms with van der Waals surface area (Å²) in [5.74, 6) is -1.18. The summed E-state index contributed by atoms with van der Waals surface area (Å²) < 4.78 is 4.98. The molecule has 1 amide bonds. The number of aryl methyl sites for hydroxylation is 2. The van der Waals surface area contributed by atoms with Crippen molar-refractivity contribution in [3.63, 3.8) is 0 Å². The molecule has 2 atom stereocenters. The van der Waals surface area contributed by atoms with Crippen molar-refractivity contribution < 1.29 is 19.2 Å². The fraction of sp³-hybridized carbons (Fsp3) is 0.643. The Morgan fingerprint density at radius 3 is 2.55 bits per heavy atom. The number of carboxylic acids is 1. The van der Waals surface area contributed by atoms with Gasteiger partial charge in [-0.1, -0.05) is 24.4 Å². The number of hydrogen-bond donors (Lipinski definition) is 2. The van der Waals surface area contributed by atoms with Crippen LogP contribution in [0.25, 0.3) is 0 Å². The van der Waals surface area contributed by atoms with Crippen molar-refractivity contribution in [3.05, 3.63) is 17.0 Å². The quantitative estimate of drug-likeness (QED) is 0.827. The molecule has 1 heterocycles. The fourth-order valence-corrected chi connectivity index (χ4v) is 2.82. The van der Waals surface area contributed by atoms with Crippen LogP contribution in [0.2, 0.25) is 0 Å². The third kappa shape index (κ3) is 3.00. The molecule has 1 fully saturated rings. The summed E-state index contributed by atoms with van der Waals surface area (Å²) in [7, 11) is 0.